The van der Waals surface area contributed by atoms with Crippen LogP contribution in [0.1, 0.15) is 43.6 Å². The minimum absolute atomic E-state index is 0.129. The van der Waals surface area contributed by atoms with E-state index in [9.17, 15) is 4.39 Å². The Labute approximate surface area is 119 Å². The van der Waals surface area contributed by atoms with Crippen LogP contribution >= 0.6 is 0 Å². The Morgan fingerprint density at radius 2 is 2.25 bits per heavy atom. The predicted octanol–water partition coefficient (Wildman–Crippen LogP) is 4.33. The summed E-state index contributed by atoms with van der Waals surface area (Å²) in [5.41, 5.74) is 1.74. The van der Waals surface area contributed by atoms with E-state index in [0.29, 0.717) is 0 Å². The van der Waals surface area contributed by atoms with Crippen LogP contribution in [-0.4, -0.2) is 6.54 Å². The highest BCUT2D eigenvalue weighted by Gasteiger charge is 2.19. The quantitative estimate of drug-likeness (QED) is 0.626. The molecule has 1 N–H and O–H groups in total. The van der Waals surface area contributed by atoms with Gasteiger partial charge in [0.1, 0.15) is 17.2 Å². The number of hydrogen-bond acceptors (Lipinski definition) is 2. The van der Waals surface area contributed by atoms with Crippen molar-refractivity contribution in [1.82, 2.24) is 5.32 Å². The van der Waals surface area contributed by atoms with Gasteiger partial charge in [-0.1, -0.05) is 6.92 Å². The summed E-state index contributed by atoms with van der Waals surface area (Å²) in [5.74, 6) is 3.31. The zero-order valence-corrected chi connectivity index (χ0v) is 12.0. The molecule has 0 aliphatic carbocycles. The van der Waals surface area contributed by atoms with Gasteiger partial charge in [0.2, 0.25) is 0 Å². The van der Waals surface area contributed by atoms with Gasteiger partial charge in [0, 0.05) is 17.4 Å². The van der Waals surface area contributed by atoms with E-state index in [4.69, 9.17) is 10.8 Å². The van der Waals surface area contributed by atoms with Gasteiger partial charge in [-0.3, -0.25) is 0 Å². The zero-order valence-electron chi connectivity index (χ0n) is 12.0. The van der Waals surface area contributed by atoms with Crippen LogP contribution in [0.25, 0.3) is 11.0 Å². The van der Waals surface area contributed by atoms with Gasteiger partial charge in [0.15, 0.2) is 0 Å². The maximum Gasteiger partial charge on any atom is 0.134 e. The first-order valence-electron chi connectivity index (χ1n) is 7.02. The Morgan fingerprint density at radius 3 is 2.95 bits per heavy atom. The Bertz CT molecular complexity index is 624. The molecule has 2 rings (SSSR count). The van der Waals surface area contributed by atoms with Crippen molar-refractivity contribution in [3.05, 3.63) is 35.3 Å². The summed E-state index contributed by atoms with van der Waals surface area (Å²) < 4.78 is 19.3. The molecule has 0 saturated carbocycles. The number of unbranched alkanes of at least 4 members (excludes halogenated alkanes) is 1. The number of furan rings is 1. The standard InChI is InChI=1S/C17H20FNO/c1-4-6-7-8-15(19-5-2)17-12(3)14-11-13(18)9-10-16(14)20-17/h1,9-11,15,19H,5-8H2,2-3H3. The number of halogens is 1. The number of benzene rings is 1. The van der Waals surface area contributed by atoms with E-state index < -0.39 is 0 Å². The first-order chi connectivity index (χ1) is 9.67. The SMILES string of the molecule is C#CCCCC(NCC)c1oc2ccc(F)cc2c1C. The van der Waals surface area contributed by atoms with Gasteiger partial charge in [0.05, 0.1) is 6.04 Å². The number of nitrogens with one attached hydrogen (secondary N) is 1. The van der Waals surface area contributed by atoms with Gasteiger partial charge in [-0.15, -0.1) is 12.3 Å². The molecule has 3 heteroatoms. The average molecular weight is 273 g/mol. The molecule has 0 radical (unpaired) electrons. The lowest BCUT2D eigenvalue weighted by Gasteiger charge is -2.15. The second kappa shape index (κ2) is 6.58. The fourth-order valence-corrected chi connectivity index (χ4v) is 2.52. The fourth-order valence-electron chi connectivity index (χ4n) is 2.52. The Hall–Kier alpha value is -1.79. The van der Waals surface area contributed by atoms with Gasteiger partial charge in [-0.2, -0.15) is 0 Å². The molecule has 0 bridgehead atoms. The van der Waals surface area contributed by atoms with Crippen LogP contribution in [0.2, 0.25) is 0 Å². The lowest BCUT2D eigenvalue weighted by atomic mass is 10.0. The van der Waals surface area contributed by atoms with E-state index in [1.54, 1.807) is 6.07 Å². The molecule has 20 heavy (non-hydrogen) atoms. The summed E-state index contributed by atoms with van der Waals surface area (Å²) in [6.07, 6.45) is 7.92. The average Bonchev–Trinajstić information content (AvgIpc) is 2.75. The molecule has 0 saturated heterocycles. The molecule has 1 aromatic heterocycles. The van der Waals surface area contributed by atoms with Gasteiger partial charge in [-0.25, -0.2) is 4.39 Å². The molecule has 0 aliphatic rings. The van der Waals surface area contributed by atoms with Crippen molar-refractivity contribution in [2.24, 2.45) is 0 Å². The Balaban J connectivity index is 2.32. The second-order valence-corrected chi connectivity index (χ2v) is 4.94. The largest absolute Gasteiger partial charge is 0.459 e. The smallest absolute Gasteiger partial charge is 0.134 e. The van der Waals surface area contributed by atoms with E-state index in [0.717, 1.165) is 48.1 Å². The molecular formula is C17H20FNO. The minimum atomic E-state index is -0.236. The molecule has 2 aromatic rings. The Morgan fingerprint density at radius 1 is 1.45 bits per heavy atom. The van der Waals surface area contributed by atoms with Gasteiger partial charge in [-0.05, 0) is 44.5 Å². The third-order valence-electron chi connectivity index (χ3n) is 3.52. The number of aryl methyl sites for hydroxylation is 1. The molecule has 0 aliphatic heterocycles. The fraction of sp³-hybridized carbons (Fsp3) is 0.412. The molecule has 1 aromatic carbocycles. The summed E-state index contributed by atoms with van der Waals surface area (Å²) in [6.45, 7) is 4.89. The first-order valence-corrected chi connectivity index (χ1v) is 7.02. The summed E-state index contributed by atoms with van der Waals surface area (Å²) >= 11 is 0. The highest BCUT2D eigenvalue weighted by Crippen LogP contribution is 2.32. The third kappa shape index (κ3) is 3.02. The zero-order chi connectivity index (χ0) is 14.5. The van der Waals surface area contributed by atoms with Crippen LogP contribution in [0, 0.1) is 25.1 Å². The molecule has 0 spiro atoms. The van der Waals surface area contributed by atoms with Crippen molar-refractivity contribution in [3.63, 3.8) is 0 Å². The summed E-state index contributed by atoms with van der Waals surface area (Å²) in [6, 6.07) is 4.77. The van der Waals surface area contributed by atoms with Crippen LogP contribution in [0.3, 0.4) is 0 Å². The van der Waals surface area contributed by atoms with Crippen molar-refractivity contribution in [2.75, 3.05) is 6.54 Å². The maximum atomic E-state index is 13.3. The van der Waals surface area contributed by atoms with E-state index in [2.05, 4.69) is 18.2 Å². The van der Waals surface area contributed by atoms with Crippen LogP contribution in [0.5, 0.6) is 0 Å². The number of hydrogen-bond donors (Lipinski definition) is 1. The van der Waals surface area contributed by atoms with E-state index in [1.807, 2.05) is 6.92 Å². The third-order valence-corrected chi connectivity index (χ3v) is 3.52. The van der Waals surface area contributed by atoms with Gasteiger partial charge in [0.25, 0.3) is 0 Å². The lowest BCUT2D eigenvalue weighted by molar-refractivity contribution is 0.408. The van der Waals surface area contributed by atoms with E-state index in [-0.39, 0.29) is 11.9 Å². The predicted molar refractivity (Wildman–Crippen MR) is 80.0 cm³/mol. The summed E-state index contributed by atoms with van der Waals surface area (Å²) in [5, 5.41) is 4.27. The maximum absolute atomic E-state index is 13.3. The van der Waals surface area contributed by atoms with Crippen molar-refractivity contribution >= 4 is 11.0 Å². The lowest BCUT2D eigenvalue weighted by Crippen LogP contribution is -2.21. The van der Waals surface area contributed by atoms with Gasteiger partial charge >= 0.3 is 0 Å². The van der Waals surface area contributed by atoms with Crippen LogP contribution in [-0.2, 0) is 0 Å². The minimum Gasteiger partial charge on any atom is -0.459 e. The summed E-state index contributed by atoms with van der Waals surface area (Å²) in [7, 11) is 0. The highest BCUT2D eigenvalue weighted by molar-refractivity contribution is 5.82. The number of fused-ring (bicyclic) bond motifs is 1. The molecular weight excluding hydrogens is 253 g/mol. The van der Waals surface area contributed by atoms with Gasteiger partial charge < -0.3 is 9.73 Å². The van der Waals surface area contributed by atoms with Crippen LogP contribution in [0.4, 0.5) is 4.39 Å². The van der Waals surface area contributed by atoms with Crippen molar-refractivity contribution in [3.8, 4) is 12.3 Å². The van der Waals surface area contributed by atoms with E-state index in [1.165, 1.54) is 12.1 Å². The number of terminal acetylenes is 1. The normalized spacial score (nSPS) is 12.5. The van der Waals surface area contributed by atoms with Crippen molar-refractivity contribution in [1.29, 1.82) is 0 Å². The highest BCUT2D eigenvalue weighted by atomic mass is 19.1. The molecule has 1 unspecified atom stereocenters. The van der Waals surface area contributed by atoms with Crippen molar-refractivity contribution < 1.29 is 8.81 Å². The van der Waals surface area contributed by atoms with Crippen LogP contribution in [0.15, 0.2) is 22.6 Å². The number of rotatable bonds is 6. The molecule has 1 atom stereocenters. The molecule has 1 heterocycles. The monoisotopic (exact) mass is 273 g/mol. The Kier molecular flexibility index (Phi) is 4.81. The summed E-state index contributed by atoms with van der Waals surface area (Å²) in [4.78, 5) is 0. The first kappa shape index (κ1) is 14.6. The van der Waals surface area contributed by atoms with E-state index >= 15 is 0 Å². The molecule has 106 valence electrons. The topological polar surface area (TPSA) is 25.2 Å². The molecule has 2 nitrogen and oxygen atoms in total. The molecule has 0 amide bonds. The van der Waals surface area contributed by atoms with Crippen molar-refractivity contribution in [2.45, 2.75) is 39.2 Å². The van der Waals surface area contributed by atoms with Crippen LogP contribution < -0.4 is 5.32 Å². The second-order valence-electron chi connectivity index (χ2n) is 4.94. The molecule has 0 fully saturated rings.